The van der Waals surface area contributed by atoms with Crippen molar-refractivity contribution in [2.45, 2.75) is 49.0 Å². The molecule has 0 heterocycles. The van der Waals surface area contributed by atoms with Crippen molar-refractivity contribution in [3.8, 4) is 17.2 Å². The Morgan fingerprint density at radius 1 is 0.909 bits per heavy atom. The van der Waals surface area contributed by atoms with E-state index in [0.29, 0.717) is 24.7 Å². The third kappa shape index (κ3) is 7.46. The molecule has 0 bridgehead atoms. The van der Waals surface area contributed by atoms with Gasteiger partial charge in [-0.05, 0) is 74.4 Å². The van der Waals surface area contributed by atoms with E-state index in [1.807, 2.05) is 24.3 Å². The highest BCUT2D eigenvalue weighted by Gasteiger charge is 2.29. The Hall–Kier alpha value is -3.12. The van der Waals surface area contributed by atoms with Crippen LogP contribution in [0.1, 0.15) is 32.8 Å². The van der Waals surface area contributed by atoms with Gasteiger partial charge in [-0.3, -0.25) is 0 Å². The Kier molecular flexibility index (Phi) is 8.66. The van der Waals surface area contributed by atoms with Crippen LogP contribution in [-0.4, -0.2) is 29.9 Å². The molecule has 3 aromatic rings. The van der Waals surface area contributed by atoms with Crippen LogP contribution >= 0.6 is 11.8 Å². The topological polar surface area (TPSA) is 65.0 Å². The van der Waals surface area contributed by atoms with E-state index >= 15 is 0 Å². The molecule has 174 valence electrons. The van der Waals surface area contributed by atoms with Crippen LogP contribution in [0.3, 0.4) is 0 Å². The second-order valence-corrected chi connectivity index (χ2v) is 9.10. The maximum absolute atomic E-state index is 11.2. The summed E-state index contributed by atoms with van der Waals surface area (Å²) in [7, 11) is 0. The molecular formula is C27H30O5S. The fourth-order valence-electron chi connectivity index (χ4n) is 2.96. The molecule has 5 nitrogen and oxygen atoms in total. The predicted molar refractivity (Wildman–Crippen MR) is 131 cm³/mol. The van der Waals surface area contributed by atoms with Gasteiger partial charge >= 0.3 is 5.97 Å². The first-order valence-electron chi connectivity index (χ1n) is 11.0. The molecule has 0 aromatic heterocycles. The number of carboxylic acid groups (broad SMARTS) is 1. The van der Waals surface area contributed by atoms with Gasteiger partial charge in [0.05, 0.1) is 18.1 Å². The summed E-state index contributed by atoms with van der Waals surface area (Å²) in [4.78, 5) is 13.5. The summed E-state index contributed by atoms with van der Waals surface area (Å²) in [5.74, 6) is 1.04. The lowest BCUT2D eigenvalue weighted by molar-refractivity contribution is -0.152. The standard InChI is InChI=1S/C27H30O5S/c1-4-20-11-16-24(25(19-20)33-23-9-6-5-7-10-23)31-18-8-17-30-21-12-14-22(15-13-21)32-27(2,3)26(28)29/h5-7,9-16,19H,4,8,17-18H2,1-3H3,(H,28,29). The minimum absolute atomic E-state index is 0.483. The fourth-order valence-corrected chi connectivity index (χ4v) is 3.95. The van der Waals surface area contributed by atoms with Crippen molar-refractivity contribution in [3.05, 3.63) is 78.4 Å². The van der Waals surface area contributed by atoms with Gasteiger partial charge in [0.25, 0.3) is 0 Å². The zero-order valence-electron chi connectivity index (χ0n) is 19.2. The second kappa shape index (κ2) is 11.7. The molecule has 3 rings (SSSR count). The van der Waals surface area contributed by atoms with Crippen molar-refractivity contribution in [3.63, 3.8) is 0 Å². The predicted octanol–water partition coefficient (Wildman–Crippen LogP) is 6.49. The number of aryl methyl sites for hydroxylation is 1. The van der Waals surface area contributed by atoms with Crippen LogP contribution in [0.25, 0.3) is 0 Å². The van der Waals surface area contributed by atoms with Gasteiger partial charge in [-0.15, -0.1) is 0 Å². The summed E-state index contributed by atoms with van der Waals surface area (Å²) in [5.41, 5.74) is -0.00421. The molecule has 0 aliphatic rings. The summed E-state index contributed by atoms with van der Waals surface area (Å²) in [6.07, 6.45) is 1.71. The lowest BCUT2D eigenvalue weighted by atomic mass is 10.1. The monoisotopic (exact) mass is 466 g/mol. The van der Waals surface area contributed by atoms with Crippen LogP contribution in [0, 0.1) is 0 Å². The van der Waals surface area contributed by atoms with Crippen molar-refractivity contribution in [2.24, 2.45) is 0 Å². The smallest absolute Gasteiger partial charge is 0.347 e. The molecule has 0 saturated heterocycles. The summed E-state index contributed by atoms with van der Waals surface area (Å²) in [5, 5.41) is 9.16. The van der Waals surface area contributed by atoms with E-state index in [0.717, 1.165) is 23.5 Å². The molecule has 0 aliphatic heterocycles. The summed E-state index contributed by atoms with van der Waals surface area (Å²) in [6, 6.07) is 23.6. The van der Waals surface area contributed by atoms with Crippen molar-refractivity contribution in [1.29, 1.82) is 0 Å². The van der Waals surface area contributed by atoms with Gasteiger partial charge in [0.15, 0.2) is 5.60 Å². The van der Waals surface area contributed by atoms with E-state index in [2.05, 4.69) is 31.2 Å². The first kappa shape index (κ1) is 24.5. The maximum Gasteiger partial charge on any atom is 0.347 e. The molecule has 1 N–H and O–H groups in total. The highest BCUT2D eigenvalue weighted by atomic mass is 32.2. The second-order valence-electron chi connectivity index (χ2n) is 7.99. The number of rotatable bonds is 12. The first-order valence-corrected chi connectivity index (χ1v) is 11.8. The van der Waals surface area contributed by atoms with E-state index in [9.17, 15) is 4.79 Å². The molecule has 0 saturated carbocycles. The third-order valence-electron chi connectivity index (χ3n) is 4.91. The van der Waals surface area contributed by atoms with Crippen molar-refractivity contribution in [1.82, 2.24) is 0 Å². The van der Waals surface area contributed by atoms with Gasteiger partial charge in [0, 0.05) is 11.3 Å². The third-order valence-corrected chi connectivity index (χ3v) is 5.96. The van der Waals surface area contributed by atoms with Crippen LogP contribution in [0.5, 0.6) is 17.2 Å². The van der Waals surface area contributed by atoms with Crippen LogP contribution < -0.4 is 14.2 Å². The Morgan fingerprint density at radius 2 is 1.58 bits per heavy atom. The van der Waals surface area contributed by atoms with Gasteiger partial charge in [0.1, 0.15) is 17.2 Å². The van der Waals surface area contributed by atoms with Gasteiger partial charge in [-0.2, -0.15) is 0 Å². The Balaban J connectivity index is 1.48. The van der Waals surface area contributed by atoms with E-state index in [1.165, 1.54) is 24.3 Å². The molecule has 0 spiro atoms. The van der Waals surface area contributed by atoms with Crippen LogP contribution in [0.2, 0.25) is 0 Å². The van der Waals surface area contributed by atoms with Gasteiger partial charge in [0.2, 0.25) is 0 Å². The van der Waals surface area contributed by atoms with Gasteiger partial charge < -0.3 is 19.3 Å². The van der Waals surface area contributed by atoms with E-state index in [4.69, 9.17) is 19.3 Å². The molecule has 0 fully saturated rings. The minimum atomic E-state index is -1.29. The van der Waals surface area contributed by atoms with E-state index in [1.54, 1.807) is 36.0 Å². The Morgan fingerprint density at radius 3 is 2.24 bits per heavy atom. The summed E-state index contributed by atoms with van der Waals surface area (Å²) >= 11 is 1.71. The van der Waals surface area contributed by atoms with Gasteiger partial charge in [-0.1, -0.05) is 43.0 Å². The molecule has 0 radical (unpaired) electrons. The number of carboxylic acids is 1. The zero-order valence-corrected chi connectivity index (χ0v) is 20.1. The SMILES string of the molecule is CCc1ccc(OCCCOc2ccc(OC(C)(C)C(=O)O)cc2)c(Sc2ccccc2)c1. The largest absolute Gasteiger partial charge is 0.493 e. The summed E-state index contributed by atoms with van der Waals surface area (Å²) in [6.45, 7) is 6.23. The quantitative estimate of drug-likeness (QED) is 0.308. The Labute approximate surface area is 199 Å². The molecule has 0 amide bonds. The first-order chi connectivity index (χ1) is 15.9. The lowest BCUT2D eigenvalue weighted by Crippen LogP contribution is -2.37. The number of hydrogen-bond donors (Lipinski definition) is 1. The molecular weight excluding hydrogens is 436 g/mol. The highest BCUT2D eigenvalue weighted by Crippen LogP contribution is 2.36. The average Bonchev–Trinajstić information content (AvgIpc) is 2.81. The van der Waals surface area contributed by atoms with Crippen LogP contribution in [0.4, 0.5) is 0 Å². The number of benzene rings is 3. The summed E-state index contributed by atoms with van der Waals surface area (Å²) < 4.78 is 17.4. The molecule has 3 aromatic carbocycles. The van der Waals surface area contributed by atoms with Crippen molar-refractivity contribution >= 4 is 17.7 Å². The fraction of sp³-hybridized carbons (Fsp3) is 0.296. The molecule has 0 unspecified atom stereocenters. The molecule has 6 heteroatoms. The Bertz CT molecular complexity index is 1030. The zero-order chi connectivity index (χ0) is 23.7. The van der Waals surface area contributed by atoms with Crippen molar-refractivity contribution < 1.29 is 24.1 Å². The number of carbonyl (C=O) groups is 1. The average molecular weight is 467 g/mol. The maximum atomic E-state index is 11.2. The number of aliphatic carboxylic acids is 1. The molecule has 0 atom stereocenters. The van der Waals surface area contributed by atoms with E-state index in [-0.39, 0.29) is 0 Å². The van der Waals surface area contributed by atoms with E-state index < -0.39 is 11.6 Å². The minimum Gasteiger partial charge on any atom is -0.493 e. The van der Waals surface area contributed by atoms with Crippen LogP contribution in [-0.2, 0) is 11.2 Å². The normalized spacial score (nSPS) is 11.1. The number of hydrogen-bond acceptors (Lipinski definition) is 5. The molecule has 0 aliphatic carbocycles. The molecule has 33 heavy (non-hydrogen) atoms. The van der Waals surface area contributed by atoms with Gasteiger partial charge in [-0.25, -0.2) is 4.79 Å². The van der Waals surface area contributed by atoms with Crippen LogP contribution in [0.15, 0.2) is 82.6 Å². The van der Waals surface area contributed by atoms with Crippen molar-refractivity contribution in [2.75, 3.05) is 13.2 Å². The highest BCUT2D eigenvalue weighted by molar-refractivity contribution is 7.99. The number of ether oxygens (including phenoxy) is 3. The lowest BCUT2D eigenvalue weighted by Gasteiger charge is -2.21.